The molecule has 0 saturated heterocycles. The van der Waals surface area contributed by atoms with Gasteiger partial charge in [0.2, 0.25) is 5.89 Å². The van der Waals surface area contributed by atoms with Crippen LogP contribution in [0.2, 0.25) is 0 Å². The number of ether oxygens (including phenoxy) is 1. The van der Waals surface area contributed by atoms with Crippen LogP contribution in [0.15, 0.2) is 46.9 Å². The largest absolute Gasteiger partial charge is 0.493 e. The van der Waals surface area contributed by atoms with E-state index in [0.717, 1.165) is 46.9 Å². The topological polar surface area (TPSA) is 35.3 Å². The molecule has 0 amide bonds. The van der Waals surface area contributed by atoms with Gasteiger partial charge in [-0.3, -0.25) is 0 Å². The van der Waals surface area contributed by atoms with Crippen LogP contribution in [0.5, 0.6) is 5.75 Å². The zero-order chi connectivity index (χ0) is 22.4. The van der Waals surface area contributed by atoms with Crippen molar-refractivity contribution in [3.8, 4) is 5.75 Å². The Morgan fingerprint density at radius 1 is 1.06 bits per heavy atom. The minimum absolute atomic E-state index is 0.408. The van der Waals surface area contributed by atoms with E-state index in [1.807, 2.05) is 26.0 Å². The molecule has 0 bridgehead atoms. The van der Waals surface area contributed by atoms with Crippen LogP contribution < -0.4 is 4.74 Å². The maximum Gasteiger partial charge on any atom is 0.416 e. The minimum atomic E-state index is -4.34. The number of aromatic nitrogens is 1. The van der Waals surface area contributed by atoms with Crippen molar-refractivity contribution in [2.75, 3.05) is 12.5 Å². The number of rotatable bonds is 8. The molecule has 0 aliphatic carbocycles. The number of halogens is 4. The second-order valence-electron chi connectivity index (χ2n) is 7.18. The summed E-state index contributed by atoms with van der Waals surface area (Å²) in [6.07, 6.45) is 0.354. The van der Waals surface area contributed by atoms with Gasteiger partial charge in [-0.15, -0.1) is 11.6 Å². The average molecular weight is 450 g/mol. The Labute approximate surface area is 184 Å². The quantitative estimate of drug-likeness (QED) is 0.272. The summed E-state index contributed by atoms with van der Waals surface area (Å²) in [5, 5.41) is 0. The molecule has 0 atom stereocenters. The highest BCUT2D eigenvalue weighted by Gasteiger charge is 2.29. The number of alkyl halides is 4. The first-order valence-corrected chi connectivity index (χ1v) is 10.4. The van der Waals surface area contributed by atoms with E-state index in [4.69, 9.17) is 20.8 Å². The van der Waals surface area contributed by atoms with Crippen LogP contribution in [0.1, 0.15) is 46.0 Å². The summed E-state index contributed by atoms with van der Waals surface area (Å²) >= 11 is 5.68. The lowest BCUT2D eigenvalue weighted by Gasteiger charge is -2.10. The van der Waals surface area contributed by atoms with Gasteiger partial charge in [0.25, 0.3) is 0 Å². The molecule has 7 heteroatoms. The molecule has 2 aromatic carbocycles. The summed E-state index contributed by atoms with van der Waals surface area (Å²) in [4.78, 5) is 4.40. The Bertz CT molecular complexity index is 1040. The van der Waals surface area contributed by atoms with Gasteiger partial charge in [-0.25, -0.2) is 4.98 Å². The van der Waals surface area contributed by atoms with Gasteiger partial charge in [0, 0.05) is 18.4 Å². The van der Waals surface area contributed by atoms with Gasteiger partial charge < -0.3 is 9.15 Å². The molecule has 0 fully saturated rings. The highest BCUT2D eigenvalue weighted by atomic mass is 35.5. The van der Waals surface area contributed by atoms with Crippen molar-refractivity contribution in [3.05, 3.63) is 82.1 Å². The molecule has 0 unspecified atom stereocenters. The average Bonchev–Trinajstić information content (AvgIpc) is 3.07. The van der Waals surface area contributed by atoms with E-state index >= 15 is 0 Å². The number of aryl methyl sites for hydroxylation is 2. The zero-order valence-corrected chi connectivity index (χ0v) is 18.1. The van der Waals surface area contributed by atoms with Crippen molar-refractivity contribution in [3.63, 3.8) is 0 Å². The molecule has 3 nitrogen and oxygen atoms in total. The zero-order valence-electron chi connectivity index (χ0n) is 17.3. The fourth-order valence-corrected chi connectivity index (χ4v) is 3.15. The van der Waals surface area contributed by atoms with Gasteiger partial charge in [-0.1, -0.05) is 24.3 Å². The molecule has 0 aliphatic heterocycles. The van der Waals surface area contributed by atoms with Crippen molar-refractivity contribution >= 4 is 23.8 Å². The van der Waals surface area contributed by atoms with Crippen molar-refractivity contribution < 1.29 is 22.3 Å². The van der Waals surface area contributed by atoms with Crippen LogP contribution in [0.3, 0.4) is 0 Å². The Morgan fingerprint density at radius 3 is 2.45 bits per heavy atom. The third kappa shape index (κ3) is 6.37. The first-order chi connectivity index (χ1) is 14.8. The summed E-state index contributed by atoms with van der Waals surface area (Å²) in [6, 6.07) is 10.9. The summed E-state index contributed by atoms with van der Waals surface area (Å²) in [6.45, 7) is 4.44. The van der Waals surface area contributed by atoms with Gasteiger partial charge in [0.15, 0.2) is 0 Å². The summed E-state index contributed by atoms with van der Waals surface area (Å²) in [5.74, 6) is 2.55. The molecule has 3 rings (SSSR count). The Kier molecular flexibility index (Phi) is 7.44. The lowest BCUT2D eigenvalue weighted by atomic mass is 10.1. The molecule has 31 heavy (non-hydrogen) atoms. The van der Waals surface area contributed by atoms with Crippen molar-refractivity contribution in [1.29, 1.82) is 0 Å². The molecule has 0 N–H and O–H groups in total. The first kappa shape index (κ1) is 22.9. The second-order valence-corrected chi connectivity index (χ2v) is 7.56. The number of hydrogen-bond acceptors (Lipinski definition) is 3. The van der Waals surface area contributed by atoms with Gasteiger partial charge in [0.1, 0.15) is 11.5 Å². The SMILES string of the molecule is Cc1cc(Cc2oc(/C=C/c3ccc(C(F)(F)F)cc3)nc2C)ccc1OCCCCl. The lowest BCUT2D eigenvalue weighted by molar-refractivity contribution is -0.137. The predicted octanol–water partition coefficient (Wildman–Crippen LogP) is 7.08. The highest BCUT2D eigenvalue weighted by Crippen LogP contribution is 2.29. The van der Waals surface area contributed by atoms with Crippen molar-refractivity contribution in [2.24, 2.45) is 0 Å². The van der Waals surface area contributed by atoms with Crippen LogP contribution in [0, 0.1) is 13.8 Å². The fraction of sp³-hybridized carbons (Fsp3) is 0.292. The van der Waals surface area contributed by atoms with Crippen LogP contribution >= 0.6 is 11.6 Å². The fourth-order valence-electron chi connectivity index (χ4n) is 3.04. The molecule has 1 aromatic heterocycles. The molecular formula is C24H23ClF3NO2. The van der Waals surface area contributed by atoms with E-state index < -0.39 is 11.7 Å². The molecule has 3 aromatic rings. The van der Waals surface area contributed by atoms with Crippen LogP contribution in [-0.2, 0) is 12.6 Å². The Morgan fingerprint density at radius 2 is 1.81 bits per heavy atom. The summed E-state index contributed by atoms with van der Waals surface area (Å²) in [5.41, 5.74) is 2.83. The molecule has 0 saturated carbocycles. The van der Waals surface area contributed by atoms with Crippen molar-refractivity contribution in [2.45, 2.75) is 32.9 Å². The first-order valence-electron chi connectivity index (χ1n) is 9.86. The van der Waals surface area contributed by atoms with Gasteiger partial charge >= 0.3 is 6.18 Å². The van der Waals surface area contributed by atoms with E-state index in [2.05, 4.69) is 11.1 Å². The van der Waals surface area contributed by atoms with Gasteiger partial charge in [-0.05, 0) is 61.2 Å². The number of nitrogens with zero attached hydrogens (tertiary/aromatic N) is 1. The summed E-state index contributed by atoms with van der Waals surface area (Å²) < 4.78 is 49.5. The van der Waals surface area contributed by atoms with Crippen LogP contribution in [-0.4, -0.2) is 17.5 Å². The van der Waals surface area contributed by atoms with Crippen LogP contribution in [0.4, 0.5) is 13.2 Å². The molecule has 0 aliphatic rings. The predicted molar refractivity (Wildman–Crippen MR) is 116 cm³/mol. The molecule has 164 valence electrons. The Hall–Kier alpha value is -2.73. The summed E-state index contributed by atoms with van der Waals surface area (Å²) in [7, 11) is 0. The normalized spacial score (nSPS) is 11.9. The Balaban J connectivity index is 1.67. The number of benzene rings is 2. The molecule has 1 heterocycles. The van der Waals surface area contributed by atoms with Gasteiger partial charge in [-0.2, -0.15) is 13.2 Å². The van der Waals surface area contributed by atoms with Crippen LogP contribution in [0.25, 0.3) is 12.2 Å². The van der Waals surface area contributed by atoms with Crippen molar-refractivity contribution in [1.82, 2.24) is 4.98 Å². The lowest BCUT2D eigenvalue weighted by Crippen LogP contribution is -2.03. The third-order valence-corrected chi connectivity index (χ3v) is 4.97. The maximum atomic E-state index is 12.7. The highest BCUT2D eigenvalue weighted by molar-refractivity contribution is 6.17. The standard InChI is InChI=1S/C24H23ClF3NO2/c1-16-14-19(6-10-21(16)30-13-3-12-25)15-22-17(2)29-23(31-22)11-7-18-4-8-20(9-5-18)24(26,27)28/h4-11,14H,3,12-13,15H2,1-2H3/b11-7+. The minimum Gasteiger partial charge on any atom is -0.493 e. The number of oxazole rings is 1. The van der Waals surface area contributed by atoms with E-state index in [-0.39, 0.29) is 0 Å². The van der Waals surface area contributed by atoms with Gasteiger partial charge in [0.05, 0.1) is 17.9 Å². The van der Waals surface area contributed by atoms with E-state index in [0.29, 0.717) is 30.4 Å². The molecule has 0 spiro atoms. The van der Waals surface area contributed by atoms with E-state index in [1.54, 1.807) is 12.2 Å². The van der Waals surface area contributed by atoms with E-state index in [1.165, 1.54) is 12.1 Å². The third-order valence-electron chi connectivity index (χ3n) is 4.71. The molecule has 0 radical (unpaired) electrons. The molecular weight excluding hydrogens is 427 g/mol. The second kappa shape index (κ2) is 10.1. The van der Waals surface area contributed by atoms with E-state index in [9.17, 15) is 13.2 Å². The monoisotopic (exact) mass is 449 g/mol. The smallest absolute Gasteiger partial charge is 0.416 e. The maximum absolute atomic E-state index is 12.7. The number of hydrogen-bond donors (Lipinski definition) is 0.